The van der Waals surface area contributed by atoms with Crippen molar-refractivity contribution in [2.75, 3.05) is 29.6 Å². The first-order valence-electron chi connectivity index (χ1n) is 16.2. The maximum Gasteiger partial charge on any atom is 0.537 e. The van der Waals surface area contributed by atoms with Crippen molar-refractivity contribution >= 4 is 48.1 Å². The second-order valence-electron chi connectivity index (χ2n) is 11.6. The molecule has 5 nitrogen and oxygen atoms in total. The minimum Gasteiger partial charge on any atom is -0.370 e. The average Bonchev–Trinajstić information content (AvgIpc) is 3.05. The van der Waals surface area contributed by atoms with Crippen LogP contribution >= 0.6 is 0 Å². The zero-order valence-corrected chi connectivity index (χ0v) is 29.2. The number of hydrogen-bond acceptors (Lipinski definition) is 5. The van der Waals surface area contributed by atoms with Crippen molar-refractivity contribution in [3.8, 4) is 0 Å². The smallest absolute Gasteiger partial charge is 0.370 e. The van der Waals surface area contributed by atoms with Gasteiger partial charge in [-0.05, 0) is 121 Å². The van der Waals surface area contributed by atoms with Gasteiger partial charge in [-0.3, -0.25) is 0 Å². The topological polar surface area (TPSA) is 34.2 Å². The summed E-state index contributed by atoms with van der Waals surface area (Å²) in [5.41, 5.74) is 11.5. The minimum absolute atomic E-state index is 0.525. The third-order valence-electron chi connectivity index (χ3n) is 8.04. The molecule has 0 bridgehead atoms. The Kier molecular flexibility index (Phi) is 10.8. The Balaban J connectivity index is 1.59. The van der Waals surface area contributed by atoms with Crippen LogP contribution in [0.4, 0.5) is 34.1 Å². The van der Waals surface area contributed by atoms with Gasteiger partial charge < -0.3 is 23.1 Å². The molecule has 0 aliphatic rings. The highest BCUT2D eigenvalue weighted by molar-refractivity contribution is 6.75. The third-order valence-corrected chi connectivity index (χ3v) is 11.1. The van der Waals surface area contributed by atoms with Crippen LogP contribution in [0.2, 0.25) is 0 Å². The highest BCUT2D eigenvalue weighted by Gasteiger charge is 2.43. The van der Waals surface area contributed by atoms with Crippen LogP contribution in [0, 0.1) is 27.7 Å². The van der Waals surface area contributed by atoms with Gasteiger partial charge in [0.2, 0.25) is 0 Å². The van der Waals surface area contributed by atoms with Crippen LogP contribution in [0.3, 0.4) is 0 Å². The van der Waals surface area contributed by atoms with Crippen LogP contribution in [-0.2, 0) is 13.3 Å². The second kappa shape index (κ2) is 14.9. The zero-order valence-electron chi connectivity index (χ0n) is 28.2. The molecule has 0 atom stereocenters. The molecule has 0 radical (unpaired) electrons. The molecule has 0 fully saturated rings. The van der Waals surface area contributed by atoms with Crippen LogP contribution in [0.1, 0.15) is 43.0 Å². The van der Waals surface area contributed by atoms with Crippen molar-refractivity contribution in [3.05, 3.63) is 138 Å². The predicted molar refractivity (Wildman–Crippen MR) is 195 cm³/mol. The Bertz CT molecular complexity index is 1640. The van der Waals surface area contributed by atoms with Gasteiger partial charge in [0.05, 0.1) is 0 Å². The quantitative estimate of drug-likeness (QED) is 0.121. The van der Waals surface area contributed by atoms with Crippen molar-refractivity contribution in [2.24, 2.45) is 0 Å². The van der Waals surface area contributed by atoms with E-state index in [2.05, 4.69) is 153 Å². The summed E-state index contributed by atoms with van der Waals surface area (Å²) in [6.07, 6.45) is 0. The van der Waals surface area contributed by atoms with Gasteiger partial charge in [-0.1, -0.05) is 65.2 Å². The van der Waals surface area contributed by atoms with E-state index < -0.39 is 8.80 Å². The van der Waals surface area contributed by atoms with Gasteiger partial charge in [-0.2, -0.15) is 0 Å². The van der Waals surface area contributed by atoms with Crippen molar-refractivity contribution in [3.63, 3.8) is 0 Å². The van der Waals surface area contributed by atoms with Crippen LogP contribution in [-0.4, -0.2) is 28.6 Å². The minimum atomic E-state index is -3.02. The van der Waals surface area contributed by atoms with Gasteiger partial charge in [0.1, 0.15) is 0 Å². The van der Waals surface area contributed by atoms with E-state index in [1.165, 1.54) is 16.7 Å². The number of hydrogen-bond donors (Lipinski definition) is 0. The molecule has 6 heteroatoms. The zero-order chi connectivity index (χ0) is 32.7. The standard InChI is InChI=1S/C40H46N2O3Si/c1-8-43-46(44-9-2,45-10-3)39-26-23-37(24-27-39)42(36-21-15-32(6)16-22-36)40-28-25-38(29-33(40)7)41(34-17-11-30(4)12-18-34)35-19-13-31(5)14-20-35/h11-29H,8-10H2,1-7H3. The normalized spacial score (nSPS) is 11.5. The van der Waals surface area contributed by atoms with Crippen LogP contribution in [0.25, 0.3) is 0 Å². The van der Waals surface area contributed by atoms with Crippen molar-refractivity contribution in [1.29, 1.82) is 0 Å². The highest BCUT2D eigenvalue weighted by Crippen LogP contribution is 2.41. The molecule has 0 amide bonds. The summed E-state index contributed by atoms with van der Waals surface area (Å²) in [7, 11) is -3.02. The SMILES string of the molecule is CCO[Si](OCC)(OCC)c1ccc(N(c2ccc(C)cc2)c2ccc(N(c3ccc(C)cc3)c3ccc(C)cc3)cc2C)cc1. The number of benzene rings is 5. The lowest BCUT2D eigenvalue weighted by Gasteiger charge is -2.31. The largest absolute Gasteiger partial charge is 0.537 e. The van der Waals surface area contributed by atoms with E-state index in [4.69, 9.17) is 13.3 Å². The fraction of sp³-hybridized carbons (Fsp3) is 0.250. The summed E-state index contributed by atoms with van der Waals surface area (Å²) in [6.45, 7) is 16.1. The molecule has 0 aromatic heterocycles. The monoisotopic (exact) mass is 630 g/mol. The Morgan fingerprint density at radius 1 is 0.435 bits per heavy atom. The van der Waals surface area contributed by atoms with Crippen LogP contribution in [0.5, 0.6) is 0 Å². The molecule has 5 rings (SSSR count). The Morgan fingerprint density at radius 3 is 1.15 bits per heavy atom. The third kappa shape index (κ3) is 7.27. The molecule has 5 aromatic carbocycles. The molecule has 0 N–H and O–H groups in total. The van der Waals surface area contributed by atoms with E-state index in [1.54, 1.807) is 0 Å². The Hall–Kier alpha value is -4.20. The highest BCUT2D eigenvalue weighted by atomic mass is 28.4. The first-order valence-corrected chi connectivity index (χ1v) is 17.9. The van der Waals surface area contributed by atoms with E-state index in [0.29, 0.717) is 19.8 Å². The molecule has 0 aliphatic heterocycles. The number of aryl methyl sites for hydroxylation is 4. The van der Waals surface area contributed by atoms with Crippen molar-refractivity contribution in [1.82, 2.24) is 0 Å². The molecule has 0 saturated carbocycles. The molecule has 46 heavy (non-hydrogen) atoms. The van der Waals surface area contributed by atoms with Gasteiger partial charge in [0.25, 0.3) is 0 Å². The molecule has 0 unspecified atom stereocenters. The van der Waals surface area contributed by atoms with Gasteiger partial charge in [-0.15, -0.1) is 0 Å². The molecule has 0 aliphatic carbocycles. The summed E-state index contributed by atoms with van der Waals surface area (Å²) < 4.78 is 18.6. The van der Waals surface area contributed by atoms with Crippen molar-refractivity contribution in [2.45, 2.75) is 48.5 Å². The molecule has 5 aromatic rings. The lowest BCUT2D eigenvalue weighted by atomic mass is 10.1. The van der Waals surface area contributed by atoms with Crippen LogP contribution in [0.15, 0.2) is 115 Å². The van der Waals surface area contributed by atoms with Gasteiger partial charge >= 0.3 is 8.80 Å². The van der Waals surface area contributed by atoms with E-state index in [9.17, 15) is 0 Å². The summed E-state index contributed by atoms with van der Waals surface area (Å²) in [5, 5.41) is 0.963. The molecule has 0 heterocycles. The van der Waals surface area contributed by atoms with Gasteiger partial charge in [0.15, 0.2) is 0 Å². The Labute approximate surface area is 276 Å². The maximum absolute atomic E-state index is 6.20. The van der Waals surface area contributed by atoms with E-state index in [1.807, 2.05) is 20.8 Å². The fourth-order valence-electron chi connectivity index (χ4n) is 5.75. The molecular formula is C40H46N2O3Si. The number of rotatable bonds is 13. The lowest BCUT2D eigenvalue weighted by Crippen LogP contribution is -2.56. The lowest BCUT2D eigenvalue weighted by molar-refractivity contribution is 0.0859. The second-order valence-corrected chi connectivity index (χ2v) is 14.1. The van der Waals surface area contributed by atoms with Crippen molar-refractivity contribution < 1.29 is 13.3 Å². The maximum atomic E-state index is 6.20. The van der Waals surface area contributed by atoms with E-state index >= 15 is 0 Å². The van der Waals surface area contributed by atoms with E-state index in [-0.39, 0.29) is 0 Å². The molecule has 0 spiro atoms. The molecule has 238 valence electrons. The molecular weight excluding hydrogens is 585 g/mol. The van der Waals surface area contributed by atoms with Gasteiger partial charge in [-0.25, -0.2) is 0 Å². The first-order chi connectivity index (χ1) is 22.3. The first kappa shape index (κ1) is 33.2. The van der Waals surface area contributed by atoms with Crippen LogP contribution < -0.4 is 15.0 Å². The predicted octanol–water partition coefficient (Wildman–Crippen LogP) is 10.1. The average molecular weight is 631 g/mol. The summed E-state index contributed by atoms with van der Waals surface area (Å²) in [6, 6.07) is 41.3. The van der Waals surface area contributed by atoms with Gasteiger partial charge in [0, 0.05) is 59.1 Å². The summed E-state index contributed by atoms with van der Waals surface area (Å²) >= 11 is 0. The summed E-state index contributed by atoms with van der Waals surface area (Å²) in [4.78, 5) is 4.63. The van der Waals surface area contributed by atoms with E-state index in [0.717, 1.165) is 44.9 Å². The number of nitrogens with zero attached hydrogens (tertiary/aromatic N) is 2. The fourth-order valence-corrected chi connectivity index (χ4v) is 8.21. The number of anilines is 6. The Morgan fingerprint density at radius 2 is 0.783 bits per heavy atom. The summed E-state index contributed by atoms with van der Waals surface area (Å²) in [5.74, 6) is 0. The molecule has 0 saturated heterocycles.